The summed E-state index contributed by atoms with van der Waals surface area (Å²) < 4.78 is 1.73. The number of aliphatic hydroxyl groups excluding tert-OH is 1. The number of aliphatic hydroxyl groups is 1. The number of hydrogen-bond donors (Lipinski definition) is 1. The van der Waals surface area contributed by atoms with Gasteiger partial charge in [-0.25, -0.2) is 0 Å². The quantitative estimate of drug-likeness (QED) is 0.835. The standard InChI is InChI=1S/C13H16N2O/c1-9-4-5-11(6-10(9)2)13-12(8-16)7-15(3)14-13/h4-7,16H,8H2,1-3H3. The molecule has 3 heteroatoms. The average Bonchev–Trinajstić information content (AvgIpc) is 2.63. The van der Waals surface area contributed by atoms with Crippen molar-refractivity contribution in [3.05, 3.63) is 41.1 Å². The van der Waals surface area contributed by atoms with E-state index in [0.29, 0.717) is 0 Å². The molecule has 0 aliphatic rings. The third-order valence-electron chi connectivity index (χ3n) is 2.86. The number of benzene rings is 1. The monoisotopic (exact) mass is 216 g/mol. The maximum absolute atomic E-state index is 9.26. The zero-order valence-corrected chi connectivity index (χ0v) is 9.86. The van der Waals surface area contributed by atoms with Gasteiger partial charge in [0.05, 0.1) is 12.3 Å². The van der Waals surface area contributed by atoms with Crippen LogP contribution in [0.2, 0.25) is 0 Å². The van der Waals surface area contributed by atoms with Crippen LogP contribution in [0.4, 0.5) is 0 Å². The molecule has 0 radical (unpaired) electrons. The van der Waals surface area contributed by atoms with Crippen LogP contribution < -0.4 is 0 Å². The fraction of sp³-hybridized carbons (Fsp3) is 0.308. The molecule has 3 nitrogen and oxygen atoms in total. The minimum absolute atomic E-state index is 0.0239. The smallest absolute Gasteiger partial charge is 0.0978 e. The number of nitrogens with zero attached hydrogens (tertiary/aromatic N) is 2. The maximum atomic E-state index is 9.26. The first kappa shape index (κ1) is 10.9. The first-order chi connectivity index (χ1) is 7.61. The van der Waals surface area contributed by atoms with Crippen molar-refractivity contribution < 1.29 is 5.11 Å². The van der Waals surface area contributed by atoms with Crippen molar-refractivity contribution in [1.82, 2.24) is 9.78 Å². The Kier molecular flexibility index (Phi) is 2.79. The predicted molar refractivity (Wildman–Crippen MR) is 64.0 cm³/mol. The molecule has 2 rings (SSSR count). The second kappa shape index (κ2) is 4.10. The van der Waals surface area contributed by atoms with Crippen LogP contribution in [0.3, 0.4) is 0 Å². The van der Waals surface area contributed by atoms with Gasteiger partial charge in [-0.1, -0.05) is 12.1 Å². The number of aryl methyl sites for hydroxylation is 3. The molecule has 2 aromatic rings. The molecule has 0 saturated heterocycles. The summed E-state index contributed by atoms with van der Waals surface area (Å²) in [5, 5.41) is 13.6. The first-order valence-corrected chi connectivity index (χ1v) is 5.33. The van der Waals surface area contributed by atoms with Crippen LogP contribution in [0.25, 0.3) is 11.3 Å². The van der Waals surface area contributed by atoms with Crippen LogP contribution in [0, 0.1) is 13.8 Å². The summed E-state index contributed by atoms with van der Waals surface area (Å²) in [7, 11) is 1.86. The highest BCUT2D eigenvalue weighted by Crippen LogP contribution is 2.24. The minimum atomic E-state index is 0.0239. The molecule has 0 fully saturated rings. The second-order valence-corrected chi connectivity index (χ2v) is 4.13. The average molecular weight is 216 g/mol. The van der Waals surface area contributed by atoms with Crippen molar-refractivity contribution in [2.45, 2.75) is 20.5 Å². The third kappa shape index (κ3) is 1.86. The Bertz CT molecular complexity index is 515. The Morgan fingerprint density at radius 1 is 1.25 bits per heavy atom. The van der Waals surface area contributed by atoms with Crippen LogP contribution in [0.15, 0.2) is 24.4 Å². The van der Waals surface area contributed by atoms with E-state index < -0.39 is 0 Å². The summed E-state index contributed by atoms with van der Waals surface area (Å²) in [6.07, 6.45) is 1.85. The summed E-state index contributed by atoms with van der Waals surface area (Å²) in [6.45, 7) is 4.20. The first-order valence-electron chi connectivity index (χ1n) is 5.33. The van der Waals surface area contributed by atoms with Crippen molar-refractivity contribution in [1.29, 1.82) is 0 Å². The molecule has 0 unspecified atom stereocenters. The number of hydrogen-bond acceptors (Lipinski definition) is 2. The summed E-state index contributed by atoms with van der Waals surface area (Å²) in [5.74, 6) is 0. The molecule has 0 spiro atoms. The van der Waals surface area contributed by atoms with Crippen LogP contribution >= 0.6 is 0 Å². The molecule has 1 heterocycles. The van der Waals surface area contributed by atoms with E-state index in [1.807, 2.05) is 19.3 Å². The fourth-order valence-electron chi connectivity index (χ4n) is 1.79. The van der Waals surface area contributed by atoms with E-state index in [9.17, 15) is 5.11 Å². The lowest BCUT2D eigenvalue weighted by Gasteiger charge is -2.04. The Morgan fingerprint density at radius 2 is 2.00 bits per heavy atom. The zero-order chi connectivity index (χ0) is 11.7. The van der Waals surface area contributed by atoms with Gasteiger partial charge < -0.3 is 5.11 Å². The van der Waals surface area contributed by atoms with Gasteiger partial charge in [-0.3, -0.25) is 4.68 Å². The molecule has 1 aromatic heterocycles. The Labute approximate surface area is 95.3 Å². The molecular formula is C13H16N2O. The number of aromatic nitrogens is 2. The highest BCUT2D eigenvalue weighted by Gasteiger charge is 2.09. The lowest BCUT2D eigenvalue weighted by atomic mass is 10.0. The van der Waals surface area contributed by atoms with Crippen LogP contribution in [-0.2, 0) is 13.7 Å². The van der Waals surface area contributed by atoms with Crippen molar-refractivity contribution in [2.75, 3.05) is 0 Å². The highest BCUT2D eigenvalue weighted by atomic mass is 16.3. The van der Waals surface area contributed by atoms with Crippen LogP contribution in [0.1, 0.15) is 16.7 Å². The fourth-order valence-corrected chi connectivity index (χ4v) is 1.79. The van der Waals surface area contributed by atoms with Gasteiger partial charge in [0.15, 0.2) is 0 Å². The lowest BCUT2D eigenvalue weighted by molar-refractivity contribution is 0.282. The van der Waals surface area contributed by atoms with E-state index in [4.69, 9.17) is 0 Å². The van der Waals surface area contributed by atoms with E-state index in [-0.39, 0.29) is 6.61 Å². The minimum Gasteiger partial charge on any atom is -0.392 e. The van der Waals surface area contributed by atoms with Gasteiger partial charge in [-0.05, 0) is 31.0 Å². The van der Waals surface area contributed by atoms with E-state index >= 15 is 0 Å². The molecule has 0 bridgehead atoms. The van der Waals surface area contributed by atoms with Crippen LogP contribution in [0.5, 0.6) is 0 Å². The topological polar surface area (TPSA) is 38.0 Å². The van der Waals surface area contributed by atoms with Gasteiger partial charge in [0, 0.05) is 24.4 Å². The van der Waals surface area contributed by atoms with Crippen molar-refractivity contribution in [3.63, 3.8) is 0 Å². The largest absolute Gasteiger partial charge is 0.392 e. The van der Waals surface area contributed by atoms with Gasteiger partial charge in [-0.2, -0.15) is 5.10 Å². The molecule has 16 heavy (non-hydrogen) atoms. The second-order valence-electron chi connectivity index (χ2n) is 4.13. The van der Waals surface area contributed by atoms with Gasteiger partial charge in [0.2, 0.25) is 0 Å². The lowest BCUT2D eigenvalue weighted by Crippen LogP contribution is -1.90. The van der Waals surface area contributed by atoms with E-state index in [2.05, 4.69) is 31.1 Å². The molecule has 0 saturated carbocycles. The maximum Gasteiger partial charge on any atom is 0.0978 e. The third-order valence-corrected chi connectivity index (χ3v) is 2.86. The van der Waals surface area contributed by atoms with Gasteiger partial charge in [-0.15, -0.1) is 0 Å². The molecular weight excluding hydrogens is 200 g/mol. The Morgan fingerprint density at radius 3 is 2.62 bits per heavy atom. The molecule has 84 valence electrons. The predicted octanol–water partition coefficient (Wildman–Crippen LogP) is 2.20. The van der Waals surface area contributed by atoms with Gasteiger partial charge in [0.1, 0.15) is 0 Å². The van der Waals surface area contributed by atoms with Gasteiger partial charge in [0.25, 0.3) is 0 Å². The van der Waals surface area contributed by atoms with E-state index in [1.165, 1.54) is 11.1 Å². The SMILES string of the molecule is Cc1ccc(-c2nn(C)cc2CO)cc1C. The Balaban J connectivity index is 2.53. The molecule has 1 aromatic carbocycles. The zero-order valence-electron chi connectivity index (χ0n) is 9.86. The van der Waals surface area contributed by atoms with Crippen molar-refractivity contribution in [2.24, 2.45) is 7.05 Å². The summed E-state index contributed by atoms with van der Waals surface area (Å²) >= 11 is 0. The highest BCUT2D eigenvalue weighted by molar-refractivity contribution is 5.64. The van der Waals surface area contributed by atoms with Crippen molar-refractivity contribution >= 4 is 0 Å². The molecule has 0 aliphatic carbocycles. The summed E-state index contributed by atoms with van der Waals surface area (Å²) in [5.41, 5.74) is 5.31. The normalized spacial score (nSPS) is 10.8. The van der Waals surface area contributed by atoms with E-state index in [0.717, 1.165) is 16.8 Å². The van der Waals surface area contributed by atoms with Crippen LogP contribution in [-0.4, -0.2) is 14.9 Å². The molecule has 0 atom stereocenters. The molecule has 0 amide bonds. The Hall–Kier alpha value is -1.61. The molecule has 1 N–H and O–H groups in total. The van der Waals surface area contributed by atoms with E-state index in [1.54, 1.807) is 4.68 Å². The number of rotatable bonds is 2. The summed E-state index contributed by atoms with van der Waals surface area (Å²) in [4.78, 5) is 0. The molecule has 0 aliphatic heterocycles. The van der Waals surface area contributed by atoms with Crippen molar-refractivity contribution in [3.8, 4) is 11.3 Å². The summed E-state index contributed by atoms with van der Waals surface area (Å²) in [6, 6.07) is 6.24. The van der Waals surface area contributed by atoms with Gasteiger partial charge >= 0.3 is 0 Å².